The molecule has 7 N–H and O–H groups in total. The van der Waals surface area contributed by atoms with Gasteiger partial charge in [0.25, 0.3) is 15.1 Å². The third-order valence-electron chi connectivity index (χ3n) is 5.41. The standard InChI is InChI=1S/C23H25N3O6S4.H3N/c24-17(15-22-25(11-5-13-35(27,28)29)18-7-1-3-9-20(18)33-22)16-23-26(12-6-14-36(30,31)32)19-8-2-4-10-21(19)34-23;/h1-4,7-10,15-16,24H,5-6,11-14H2,(H2,27,28,29,30,31,32);1H3/p+1/b22-15-;. The molecular formula is C23H29N4O6S4+. The van der Waals surface area contributed by atoms with Crippen molar-refractivity contribution in [3.05, 3.63) is 70.3 Å². The van der Waals surface area contributed by atoms with Gasteiger partial charge in [0.15, 0.2) is 6.54 Å². The van der Waals surface area contributed by atoms with E-state index in [2.05, 4.69) is 0 Å². The maximum Gasteiger partial charge on any atom is 0.264 e. The zero-order chi connectivity index (χ0) is 25.9. The topological polar surface area (TPSA) is 181 Å². The van der Waals surface area contributed by atoms with Gasteiger partial charge in [-0.2, -0.15) is 13.0 Å². The van der Waals surface area contributed by atoms with Crippen molar-refractivity contribution >= 4 is 65.3 Å². The number of aromatic nitrogens is 1. The summed E-state index contributed by atoms with van der Waals surface area (Å²) in [6, 6.07) is 15.5. The fourth-order valence-corrected chi connectivity index (χ4v) is 7.19. The summed E-state index contributed by atoms with van der Waals surface area (Å²) in [6.45, 7) is 0.735. The number of anilines is 1. The zero-order valence-corrected chi connectivity index (χ0v) is 23.4. The minimum Gasteiger partial charge on any atom is -0.748 e. The summed E-state index contributed by atoms with van der Waals surface area (Å²) in [5.74, 6) is -0.782. The number of nitrogens with zero attached hydrogens (tertiary/aromatic N) is 2. The van der Waals surface area contributed by atoms with Crippen molar-refractivity contribution < 1.29 is 30.5 Å². The van der Waals surface area contributed by atoms with Gasteiger partial charge in [-0.3, -0.25) is 4.55 Å². The average molecular weight is 586 g/mol. The Morgan fingerprint density at radius 2 is 1.76 bits per heavy atom. The lowest BCUT2D eigenvalue weighted by Gasteiger charge is -2.20. The number of rotatable bonds is 10. The monoisotopic (exact) mass is 585 g/mol. The van der Waals surface area contributed by atoms with Gasteiger partial charge in [-0.15, -0.1) is 0 Å². The Morgan fingerprint density at radius 3 is 2.49 bits per heavy atom. The van der Waals surface area contributed by atoms with Crippen LogP contribution in [0.4, 0.5) is 5.69 Å². The van der Waals surface area contributed by atoms with E-state index in [9.17, 15) is 21.4 Å². The van der Waals surface area contributed by atoms with Crippen molar-refractivity contribution in [3.63, 3.8) is 0 Å². The molecule has 0 amide bonds. The predicted octanol–water partition coefficient (Wildman–Crippen LogP) is 3.53. The number of nitrogens with two attached hydrogens (primary N) is 1. The quantitative estimate of drug-likeness (QED) is 0.237. The normalized spacial score (nSPS) is 15.2. The number of thiazole rings is 1. The van der Waals surface area contributed by atoms with Gasteiger partial charge < -0.3 is 21.3 Å². The molecule has 0 aliphatic carbocycles. The minimum atomic E-state index is -4.30. The average Bonchev–Trinajstić information content (AvgIpc) is 3.30. The molecule has 1 aliphatic rings. The number of allylic oxidation sites excluding steroid dienone is 1. The third-order valence-corrected chi connectivity index (χ3v) is 9.23. The lowest BCUT2D eigenvalue weighted by molar-refractivity contribution is -0.668. The van der Waals surface area contributed by atoms with E-state index in [1.807, 2.05) is 70.1 Å². The predicted molar refractivity (Wildman–Crippen MR) is 148 cm³/mol. The van der Waals surface area contributed by atoms with Gasteiger partial charge in [0.1, 0.15) is 4.70 Å². The summed E-state index contributed by atoms with van der Waals surface area (Å²) in [7, 11) is -8.36. The molecule has 37 heavy (non-hydrogen) atoms. The first-order valence-corrected chi connectivity index (χ1v) is 15.9. The van der Waals surface area contributed by atoms with Gasteiger partial charge >= 0.3 is 0 Å². The summed E-state index contributed by atoms with van der Waals surface area (Å²) in [4.78, 5) is 2.99. The molecule has 4 rings (SSSR count). The summed E-state index contributed by atoms with van der Waals surface area (Å²) in [5.41, 5.74) is 8.75. The van der Waals surface area contributed by atoms with E-state index < -0.39 is 26.0 Å². The zero-order valence-electron chi connectivity index (χ0n) is 20.1. The van der Waals surface area contributed by atoms with Crippen LogP contribution in [0.25, 0.3) is 16.3 Å². The number of thioether (sulfide) groups is 1. The third kappa shape index (κ3) is 7.77. The second-order valence-corrected chi connectivity index (χ2v) is 13.4. The van der Waals surface area contributed by atoms with Crippen LogP contribution in [0.3, 0.4) is 0 Å². The molecule has 14 heteroatoms. The molecule has 10 nitrogen and oxygen atoms in total. The molecule has 1 aromatic heterocycles. The van der Waals surface area contributed by atoms with Crippen LogP contribution in [0, 0.1) is 0 Å². The Labute approximate surface area is 224 Å². The van der Waals surface area contributed by atoms with Crippen molar-refractivity contribution in [2.45, 2.75) is 24.3 Å². The molecule has 1 aliphatic heterocycles. The molecule has 0 spiro atoms. The summed E-state index contributed by atoms with van der Waals surface area (Å²) >= 11 is 3.02. The first kappa shape index (κ1) is 29.1. The summed E-state index contributed by atoms with van der Waals surface area (Å²) in [5, 5.41) is 1.64. The molecule has 0 saturated carbocycles. The maximum absolute atomic E-state index is 11.2. The molecular weight excluding hydrogens is 557 g/mol. The number of para-hydroxylation sites is 2. The second-order valence-electron chi connectivity index (χ2n) is 8.16. The molecule has 200 valence electrons. The van der Waals surface area contributed by atoms with E-state index in [-0.39, 0.29) is 24.7 Å². The summed E-state index contributed by atoms with van der Waals surface area (Å²) in [6.07, 6.45) is 4.05. The Bertz CT molecular complexity index is 1550. The molecule has 0 unspecified atom stereocenters. The van der Waals surface area contributed by atoms with Crippen LogP contribution < -0.4 is 21.4 Å². The Balaban J connectivity index is 0.00000380. The van der Waals surface area contributed by atoms with E-state index in [1.165, 1.54) is 23.1 Å². The van der Waals surface area contributed by atoms with Crippen LogP contribution >= 0.6 is 23.1 Å². The number of hydrogen-bond donors (Lipinski definition) is 3. The van der Waals surface area contributed by atoms with E-state index in [1.54, 1.807) is 0 Å². The lowest BCUT2D eigenvalue weighted by Crippen LogP contribution is -2.36. The second kappa shape index (κ2) is 11.9. The van der Waals surface area contributed by atoms with E-state index in [4.69, 9.17) is 10.3 Å². The smallest absolute Gasteiger partial charge is 0.264 e. The Morgan fingerprint density at radius 1 is 1.05 bits per heavy atom. The van der Waals surface area contributed by atoms with Crippen LogP contribution in [0.5, 0.6) is 0 Å². The highest BCUT2D eigenvalue weighted by atomic mass is 32.2. The van der Waals surface area contributed by atoms with E-state index in [0.717, 1.165) is 30.8 Å². The fraction of sp³-hybridized carbons (Fsp3) is 0.261. The number of hydrogen-bond acceptors (Lipinski definition) is 9. The Kier molecular flexibility index (Phi) is 9.39. The number of fused-ring (bicyclic) bond motifs is 2. The fourth-order valence-electron chi connectivity index (χ4n) is 3.91. The van der Waals surface area contributed by atoms with Crippen molar-refractivity contribution in [1.82, 2.24) is 6.15 Å². The number of aryl methyl sites for hydroxylation is 1. The molecule has 0 radical (unpaired) electrons. The summed E-state index contributed by atoms with van der Waals surface area (Å²) < 4.78 is 67.7. The molecule has 2 heterocycles. The SMILES string of the molecule is NC(=C\c1sc2ccccc2[n+]1CCCS(=O)(=O)[O-])/C=C1\Sc2ccccc2N1CCCS(=O)(=O)O.[NH4+]. The number of quaternary nitrogens is 1. The molecule has 2 aromatic carbocycles. The lowest BCUT2D eigenvalue weighted by atomic mass is 10.2. The van der Waals surface area contributed by atoms with Crippen molar-refractivity contribution in [2.75, 3.05) is 23.0 Å². The van der Waals surface area contributed by atoms with Crippen LogP contribution in [0.1, 0.15) is 17.8 Å². The van der Waals surface area contributed by atoms with Gasteiger partial charge in [-0.1, -0.05) is 47.4 Å². The first-order valence-electron chi connectivity index (χ1n) is 11.0. The molecule has 0 fully saturated rings. The molecule has 3 aromatic rings. The first-order chi connectivity index (χ1) is 17.0. The van der Waals surface area contributed by atoms with Crippen molar-refractivity contribution in [2.24, 2.45) is 5.73 Å². The minimum absolute atomic E-state index is 0. The van der Waals surface area contributed by atoms with Crippen LogP contribution in [-0.4, -0.2) is 44.0 Å². The van der Waals surface area contributed by atoms with Gasteiger partial charge in [-0.05, 0) is 30.7 Å². The number of benzene rings is 2. The molecule has 0 atom stereocenters. The molecule has 0 saturated heterocycles. The highest BCUT2D eigenvalue weighted by Crippen LogP contribution is 2.46. The van der Waals surface area contributed by atoms with Crippen LogP contribution in [0.2, 0.25) is 0 Å². The van der Waals surface area contributed by atoms with Crippen LogP contribution in [0.15, 0.2) is 70.2 Å². The highest BCUT2D eigenvalue weighted by molar-refractivity contribution is 8.03. The van der Waals surface area contributed by atoms with Gasteiger partial charge in [0, 0.05) is 41.5 Å². The molecule has 0 bridgehead atoms. The van der Waals surface area contributed by atoms with E-state index >= 15 is 0 Å². The maximum atomic E-state index is 11.2. The Hall–Kier alpha value is -2.46. The van der Waals surface area contributed by atoms with Crippen molar-refractivity contribution in [3.8, 4) is 0 Å². The van der Waals surface area contributed by atoms with Gasteiger partial charge in [0.05, 0.1) is 26.6 Å². The largest absolute Gasteiger partial charge is 0.748 e. The van der Waals surface area contributed by atoms with Gasteiger partial charge in [-0.25, -0.2) is 8.42 Å². The highest BCUT2D eigenvalue weighted by Gasteiger charge is 2.25. The van der Waals surface area contributed by atoms with Crippen LogP contribution in [-0.2, 0) is 26.8 Å². The van der Waals surface area contributed by atoms with Crippen molar-refractivity contribution in [1.29, 1.82) is 0 Å². The van der Waals surface area contributed by atoms with E-state index in [0.29, 0.717) is 18.8 Å². The van der Waals surface area contributed by atoms with Gasteiger partial charge in [0.2, 0.25) is 5.52 Å².